The summed E-state index contributed by atoms with van der Waals surface area (Å²) in [6.07, 6.45) is 6.42. The standard InChI is InChI=1S/C26H28FN5O/c1-18-21-10-7-14-31(17-19-8-6-9-20(27)16-19)25(21)30-24(29-18)23-12-3-5-15-32(23)26(33)22-11-2-4-13-28-22/h2,4,6,8-9,11,13,16,23H,3,5,7,10,12,14-15,17H2,1H3. The molecule has 0 N–H and O–H groups in total. The first-order valence-corrected chi connectivity index (χ1v) is 11.7. The lowest BCUT2D eigenvalue weighted by atomic mass is 9.99. The summed E-state index contributed by atoms with van der Waals surface area (Å²) in [7, 11) is 0. The molecule has 0 spiro atoms. The van der Waals surface area contributed by atoms with Gasteiger partial charge in [-0.25, -0.2) is 14.4 Å². The van der Waals surface area contributed by atoms with Crippen LogP contribution >= 0.6 is 0 Å². The molecule has 1 atom stereocenters. The molecule has 0 bridgehead atoms. The summed E-state index contributed by atoms with van der Waals surface area (Å²) in [6.45, 7) is 4.17. The van der Waals surface area contributed by atoms with Gasteiger partial charge in [-0.2, -0.15) is 0 Å². The average Bonchev–Trinajstić information content (AvgIpc) is 2.84. The number of piperidine rings is 1. The van der Waals surface area contributed by atoms with Crippen LogP contribution in [-0.2, 0) is 13.0 Å². The highest BCUT2D eigenvalue weighted by atomic mass is 19.1. The van der Waals surface area contributed by atoms with Gasteiger partial charge >= 0.3 is 0 Å². The third-order valence-corrected chi connectivity index (χ3v) is 6.57. The molecule has 1 saturated heterocycles. The van der Waals surface area contributed by atoms with Crippen molar-refractivity contribution in [1.29, 1.82) is 0 Å². The normalized spacial score (nSPS) is 18.2. The Labute approximate surface area is 193 Å². The van der Waals surface area contributed by atoms with E-state index in [2.05, 4.69) is 9.88 Å². The van der Waals surface area contributed by atoms with Crippen LogP contribution in [0.3, 0.4) is 0 Å². The Hall–Kier alpha value is -3.35. The summed E-state index contributed by atoms with van der Waals surface area (Å²) >= 11 is 0. The van der Waals surface area contributed by atoms with E-state index >= 15 is 0 Å². The molecule has 6 nitrogen and oxygen atoms in total. The van der Waals surface area contributed by atoms with Gasteiger partial charge in [0.2, 0.25) is 0 Å². The largest absolute Gasteiger partial charge is 0.352 e. The van der Waals surface area contributed by atoms with Crippen LogP contribution in [0.1, 0.15) is 64.9 Å². The third kappa shape index (κ3) is 4.45. The quantitative estimate of drug-likeness (QED) is 0.586. The van der Waals surface area contributed by atoms with E-state index in [4.69, 9.17) is 9.97 Å². The molecule has 2 aromatic heterocycles. The van der Waals surface area contributed by atoms with Crippen molar-refractivity contribution in [2.24, 2.45) is 0 Å². The van der Waals surface area contributed by atoms with Crippen molar-refractivity contribution < 1.29 is 9.18 Å². The van der Waals surface area contributed by atoms with Crippen molar-refractivity contribution >= 4 is 11.7 Å². The molecule has 2 aliphatic heterocycles. The number of rotatable bonds is 4. The predicted molar refractivity (Wildman–Crippen MR) is 124 cm³/mol. The number of amides is 1. The number of benzene rings is 1. The van der Waals surface area contributed by atoms with Gasteiger partial charge in [0, 0.05) is 37.1 Å². The molecule has 5 rings (SSSR count). The topological polar surface area (TPSA) is 62.2 Å². The summed E-state index contributed by atoms with van der Waals surface area (Å²) < 4.78 is 13.8. The third-order valence-electron chi connectivity index (χ3n) is 6.57. The summed E-state index contributed by atoms with van der Waals surface area (Å²) in [4.78, 5) is 31.5. The van der Waals surface area contributed by atoms with Crippen LogP contribution in [0.4, 0.5) is 10.2 Å². The number of anilines is 1. The van der Waals surface area contributed by atoms with E-state index < -0.39 is 0 Å². The highest BCUT2D eigenvalue weighted by Crippen LogP contribution is 2.34. The molecule has 0 radical (unpaired) electrons. The molecule has 0 saturated carbocycles. The molecule has 1 aromatic carbocycles. The van der Waals surface area contributed by atoms with Crippen molar-refractivity contribution in [2.75, 3.05) is 18.0 Å². The van der Waals surface area contributed by atoms with Crippen LogP contribution in [0, 0.1) is 12.7 Å². The lowest BCUT2D eigenvalue weighted by Gasteiger charge is -2.36. The molecule has 2 aliphatic rings. The summed E-state index contributed by atoms with van der Waals surface area (Å²) in [5.74, 6) is 1.32. The molecular weight excluding hydrogens is 417 g/mol. The van der Waals surface area contributed by atoms with Gasteiger partial charge in [-0.05, 0) is 68.9 Å². The lowest BCUT2D eigenvalue weighted by Crippen LogP contribution is -2.40. The van der Waals surface area contributed by atoms with Gasteiger partial charge in [0.25, 0.3) is 5.91 Å². The van der Waals surface area contributed by atoms with Crippen molar-refractivity contribution in [1.82, 2.24) is 19.9 Å². The second-order valence-electron chi connectivity index (χ2n) is 8.85. The van der Waals surface area contributed by atoms with E-state index in [9.17, 15) is 9.18 Å². The zero-order valence-electron chi connectivity index (χ0n) is 18.9. The van der Waals surface area contributed by atoms with Crippen LogP contribution < -0.4 is 4.90 Å². The monoisotopic (exact) mass is 445 g/mol. The summed E-state index contributed by atoms with van der Waals surface area (Å²) in [5, 5.41) is 0. The number of hydrogen-bond donors (Lipinski definition) is 0. The highest BCUT2D eigenvalue weighted by molar-refractivity contribution is 5.92. The molecular formula is C26H28FN5O. The minimum Gasteiger partial charge on any atom is -0.352 e. The molecule has 0 aliphatic carbocycles. The summed E-state index contributed by atoms with van der Waals surface area (Å²) in [5.41, 5.74) is 3.49. The number of aromatic nitrogens is 3. The van der Waals surface area contributed by atoms with Gasteiger partial charge in [0.1, 0.15) is 17.3 Å². The van der Waals surface area contributed by atoms with Crippen molar-refractivity contribution in [3.8, 4) is 0 Å². The van der Waals surface area contributed by atoms with E-state index in [1.165, 1.54) is 6.07 Å². The van der Waals surface area contributed by atoms with Crippen LogP contribution in [0.2, 0.25) is 0 Å². The fourth-order valence-corrected chi connectivity index (χ4v) is 4.95. The second kappa shape index (κ2) is 9.25. The van der Waals surface area contributed by atoms with Crippen molar-refractivity contribution in [3.05, 3.63) is 82.8 Å². The molecule has 7 heteroatoms. The second-order valence-corrected chi connectivity index (χ2v) is 8.85. The minimum atomic E-state index is -0.227. The Morgan fingerprint density at radius 2 is 2.00 bits per heavy atom. The Balaban J connectivity index is 1.48. The predicted octanol–water partition coefficient (Wildman–Crippen LogP) is 4.64. The number of carbonyl (C=O) groups excluding carboxylic acids is 1. The van der Waals surface area contributed by atoms with Gasteiger partial charge in [0.15, 0.2) is 5.82 Å². The van der Waals surface area contributed by atoms with Crippen molar-refractivity contribution in [3.63, 3.8) is 0 Å². The van der Waals surface area contributed by atoms with Crippen molar-refractivity contribution in [2.45, 2.75) is 51.6 Å². The maximum atomic E-state index is 13.8. The number of likely N-dealkylation sites (tertiary alicyclic amines) is 1. The number of halogens is 1. The zero-order valence-corrected chi connectivity index (χ0v) is 18.9. The molecule has 1 unspecified atom stereocenters. The SMILES string of the molecule is Cc1nc(C2CCCCN2C(=O)c2ccccn2)nc2c1CCCN2Cc1cccc(F)c1. The fourth-order valence-electron chi connectivity index (χ4n) is 4.95. The van der Waals surface area contributed by atoms with E-state index in [1.807, 2.05) is 30.0 Å². The molecule has 3 aromatic rings. The van der Waals surface area contributed by atoms with Crippen LogP contribution in [-0.4, -0.2) is 38.8 Å². The van der Waals surface area contributed by atoms with Crippen LogP contribution in [0.5, 0.6) is 0 Å². The number of aryl methyl sites for hydroxylation is 1. The maximum Gasteiger partial charge on any atom is 0.273 e. The van der Waals surface area contributed by atoms with Gasteiger partial charge in [0.05, 0.1) is 6.04 Å². The Morgan fingerprint density at radius 3 is 2.82 bits per heavy atom. The van der Waals surface area contributed by atoms with Crippen LogP contribution in [0.25, 0.3) is 0 Å². The molecule has 1 fully saturated rings. The van der Waals surface area contributed by atoms with E-state index in [1.54, 1.807) is 24.4 Å². The van der Waals surface area contributed by atoms with E-state index in [0.29, 0.717) is 24.6 Å². The van der Waals surface area contributed by atoms with Gasteiger partial charge in [-0.15, -0.1) is 0 Å². The van der Waals surface area contributed by atoms with Gasteiger partial charge in [-0.1, -0.05) is 18.2 Å². The first kappa shape index (κ1) is 21.5. The molecule has 33 heavy (non-hydrogen) atoms. The smallest absolute Gasteiger partial charge is 0.273 e. The lowest BCUT2D eigenvalue weighted by molar-refractivity contribution is 0.0593. The van der Waals surface area contributed by atoms with E-state index in [0.717, 1.165) is 61.3 Å². The van der Waals surface area contributed by atoms with Gasteiger partial charge in [-0.3, -0.25) is 9.78 Å². The maximum absolute atomic E-state index is 13.8. The number of fused-ring (bicyclic) bond motifs is 1. The molecule has 4 heterocycles. The number of hydrogen-bond acceptors (Lipinski definition) is 5. The Kier molecular flexibility index (Phi) is 6.03. The molecule has 1 amide bonds. The number of carbonyl (C=O) groups is 1. The average molecular weight is 446 g/mol. The Bertz CT molecular complexity index is 1150. The first-order chi connectivity index (χ1) is 16.1. The van der Waals surface area contributed by atoms with Gasteiger partial charge < -0.3 is 9.80 Å². The minimum absolute atomic E-state index is 0.0732. The zero-order chi connectivity index (χ0) is 22.8. The summed E-state index contributed by atoms with van der Waals surface area (Å²) in [6, 6.07) is 12.0. The van der Waals surface area contributed by atoms with Crippen LogP contribution in [0.15, 0.2) is 48.7 Å². The Morgan fingerprint density at radius 1 is 1.09 bits per heavy atom. The first-order valence-electron chi connectivity index (χ1n) is 11.7. The number of pyridine rings is 1. The highest BCUT2D eigenvalue weighted by Gasteiger charge is 2.33. The van der Waals surface area contributed by atoms with E-state index in [-0.39, 0.29) is 17.8 Å². The fraction of sp³-hybridized carbons (Fsp3) is 0.385. The number of nitrogens with zero attached hydrogens (tertiary/aromatic N) is 5. The molecule has 170 valence electrons.